The fourth-order valence-corrected chi connectivity index (χ4v) is 8.22. The van der Waals surface area contributed by atoms with E-state index in [0.717, 1.165) is 60.7 Å². The van der Waals surface area contributed by atoms with Gasteiger partial charge in [0.05, 0.1) is 36.0 Å². The number of fused-ring (bicyclic) bond motifs is 2. The number of aromatic carboxylic acids is 1. The molecule has 7 rings (SSSR count). The minimum atomic E-state index is -2.20. The van der Waals surface area contributed by atoms with Crippen LogP contribution in [0.5, 0.6) is 34.5 Å². The average Bonchev–Trinajstić information content (AvgIpc) is 3.23. The van der Waals surface area contributed by atoms with Gasteiger partial charge in [-0.2, -0.15) is 0 Å². The Balaban J connectivity index is 1.24. The van der Waals surface area contributed by atoms with Crippen LogP contribution in [0.3, 0.4) is 0 Å². The number of carbonyl (C=O) groups excluding carboxylic acids is 2. The maximum Gasteiger partial charge on any atom is 0.371 e. The Morgan fingerprint density at radius 3 is 1.66 bits per heavy atom. The van der Waals surface area contributed by atoms with Crippen LogP contribution < -0.4 is 5.63 Å². The highest BCUT2D eigenvalue weighted by Crippen LogP contribution is 2.49. The number of benzene rings is 3. The van der Waals surface area contributed by atoms with Crippen molar-refractivity contribution in [2.24, 2.45) is 11.8 Å². The van der Waals surface area contributed by atoms with Gasteiger partial charge in [0.1, 0.15) is 12.2 Å². The van der Waals surface area contributed by atoms with Crippen LogP contribution in [-0.4, -0.2) is 123 Å². The highest BCUT2D eigenvalue weighted by molar-refractivity contribution is 6.03. The molecule has 3 aliphatic rings. The molecular weight excluding hydrogens is 868 g/mol. The molecule has 2 heterocycles. The van der Waals surface area contributed by atoms with Gasteiger partial charge in [-0.05, 0) is 88.5 Å². The van der Waals surface area contributed by atoms with Crippen molar-refractivity contribution in [1.29, 1.82) is 0 Å². The lowest BCUT2D eigenvalue weighted by Gasteiger charge is -2.40. The summed E-state index contributed by atoms with van der Waals surface area (Å²) in [5.74, 6) is -21.8. The average molecular weight is 903 g/mol. The number of carboxylic acid groups (broad SMARTS) is 4. The predicted molar refractivity (Wildman–Crippen MR) is 211 cm³/mol. The zero-order valence-electron chi connectivity index (χ0n) is 32.8. The van der Waals surface area contributed by atoms with Crippen molar-refractivity contribution in [3.63, 3.8) is 0 Å². The Morgan fingerprint density at radius 2 is 1.14 bits per heavy atom. The van der Waals surface area contributed by atoms with Crippen LogP contribution in [0.4, 0.5) is 0 Å². The van der Waals surface area contributed by atoms with Crippen LogP contribution in [0.1, 0.15) is 62.2 Å². The number of phenols is 6. The van der Waals surface area contributed by atoms with Crippen LogP contribution in [0, 0.1) is 11.8 Å². The number of rotatable bonds is 11. The molecule has 0 amide bonds. The van der Waals surface area contributed by atoms with E-state index in [1.54, 1.807) is 0 Å². The number of aliphatic hydroxyl groups is 1. The minimum Gasteiger partial charge on any atom is -0.504 e. The summed E-state index contributed by atoms with van der Waals surface area (Å²) in [5.41, 5.74) is -3.57. The molecule has 338 valence electrons. The lowest BCUT2D eigenvalue weighted by Crippen LogP contribution is -2.57. The number of ether oxygens (including phenoxy) is 3. The van der Waals surface area contributed by atoms with Gasteiger partial charge in [-0.3, -0.25) is 14.4 Å². The monoisotopic (exact) mass is 902 g/mol. The third-order valence-electron chi connectivity index (χ3n) is 11.2. The third-order valence-corrected chi connectivity index (χ3v) is 11.2. The van der Waals surface area contributed by atoms with E-state index in [0.29, 0.717) is 0 Å². The zero-order valence-corrected chi connectivity index (χ0v) is 32.8. The Hall–Kier alpha value is -8.37. The van der Waals surface area contributed by atoms with Gasteiger partial charge in [-0.15, -0.1) is 0 Å². The summed E-state index contributed by atoms with van der Waals surface area (Å²) in [7, 11) is 0. The number of carboxylic acids is 4. The second-order valence-electron chi connectivity index (χ2n) is 15.1. The first-order valence-corrected chi connectivity index (χ1v) is 19.0. The molecule has 1 saturated heterocycles. The fourth-order valence-electron chi connectivity index (χ4n) is 8.22. The molecule has 11 N–H and O–H groups in total. The summed E-state index contributed by atoms with van der Waals surface area (Å²) in [6.07, 6.45) is -6.92. The largest absolute Gasteiger partial charge is 0.504 e. The smallest absolute Gasteiger partial charge is 0.371 e. The summed E-state index contributed by atoms with van der Waals surface area (Å²) in [4.78, 5) is 90.8. The van der Waals surface area contributed by atoms with Crippen molar-refractivity contribution in [3.8, 4) is 34.5 Å². The van der Waals surface area contributed by atoms with Crippen LogP contribution >= 0.6 is 0 Å². The van der Waals surface area contributed by atoms with Crippen molar-refractivity contribution in [2.45, 2.75) is 42.7 Å². The van der Waals surface area contributed by atoms with E-state index >= 15 is 0 Å². The molecule has 0 saturated carbocycles. The van der Waals surface area contributed by atoms with E-state index in [1.807, 2.05) is 0 Å². The van der Waals surface area contributed by atoms with Crippen molar-refractivity contribution in [2.75, 3.05) is 6.61 Å². The van der Waals surface area contributed by atoms with Gasteiger partial charge in [0.2, 0.25) is 5.76 Å². The van der Waals surface area contributed by atoms with Crippen LogP contribution in [0.15, 0.2) is 75.0 Å². The fraction of sp³-hybridized carbons (Fsp3) is 0.233. The summed E-state index contributed by atoms with van der Waals surface area (Å²) in [6.45, 7) is -0.804. The molecule has 1 aliphatic heterocycles. The Bertz CT molecular complexity index is 2820. The van der Waals surface area contributed by atoms with E-state index < -0.39 is 160 Å². The number of hydrogen-bond acceptors (Lipinski definition) is 18. The maximum absolute atomic E-state index is 14.2. The normalized spacial score (nSPS) is 23.4. The molecular formula is C43H34O22. The molecule has 0 spiro atoms. The lowest BCUT2D eigenvalue weighted by molar-refractivity contribution is -0.217. The maximum atomic E-state index is 14.2. The minimum absolute atomic E-state index is 0.0130. The molecule has 3 aromatic carbocycles. The summed E-state index contributed by atoms with van der Waals surface area (Å²) < 4.78 is 21.5. The van der Waals surface area contributed by atoms with Gasteiger partial charge in [-0.1, -0.05) is 6.07 Å². The third kappa shape index (κ3) is 8.33. The highest BCUT2D eigenvalue weighted by Gasteiger charge is 2.50. The Kier molecular flexibility index (Phi) is 11.7. The van der Waals surface area contributed by atoms with Crippen LogP contribution in [-0.2, 0) is 38.2 Å². The van der Waals surface area contributed by atoms with E-state index in [2.05, 4.69) is 0 Å². The molecule has 0 bridgehead atoms. The molecule has 0 unspecified atom stereocenters. The van der Waals surface area contributed by atoms with Gasteiger partial charge in [0, 0.05) is 17.4 Å². The summed E-state index contributed by atoms with van der Waals surface area (Å²) in [5, 5.41) is 113. The van der Waals surface area contributed by atoms with Crippen molar-refractivity contribution in [1.82, 2.24) is 0 Å². The van der Waals surface area contributed by atoms with E-state index in [-0.39, 0.29) is 27.8 Å². The quantitative estimate of drug-likeness (QED) is 0.0755. The number of hydrogen-bond donors (Lipinski definition) is 11. The Morgan fingerprint density at radius 1 is 0.615 bits per heavy atom. The molecule has 22 heteroatoms. The second-order valence-corrected chi connectivity index (χ2v) is 15.1. The molecule has 1 aromatic heterocycles. The molecule has 65 heavy (non-hydrogen) atoms. The summed E-state index contributed by atoms with van der Waals surface area (Å²) >= 11 is 0. The zero-order chi connectivity index (χ0) is 47.3. The molecule has 4 aromatic rings. The molecule has 2 aliphatic carbocycles. The first kappa shape index (κ1) is 44.7. The van der Waals surface area contributed by atoms with Gasteiger partial charge < -0.3 is 74.8 Å². The Labute approximate surface area is 362 Å². The number of aliphatic hydroxyl groups excluding tert-OH is 1. The number of phenolic OH excluding ortho intramolecular Hbond substituents is 6. The first-order valence-electron chi connectivity index (χ1n) is 19.0. The van der Waals surface area contributed by atoms with Crippen molar-refractivity contribution < 1.29 is 104 Å². The van der Waals surface area contributed by atoms with Gasteiger partial charge in [0.15, 0.2) is 46.7 Å². The van der Waals surface area contributed by atoms with E-state index in [4.69, 9.17) is 18.6 Å². The van der Waals surface area contributed by atoms with E-state index in [1.165, 1.54) is 6.07 Å². The van der Waals surface area contributed by atoms with Crippen molar-refractivity contribution in [3.05, 3.63) is 115 Å². The van der Waals surface area contributed by atoms with Crippen LogP contribution in [0.2, 0.25) is 0 Å². The summed E-state index contributed by atoms with van der Waals surface area (Å²) in [6, 6.07) is 8.83. The molecule has 22 nitrogen and oxygen atoms in total. The number of carbonyl (C=O) groups is 6. The SMILES string of the molecule is O=C(O)C[C@@H]1OC[C@H](OC(=O)C2=Cc3cc(O)c(O)cc3[C@H](c3ccc(C(=O)O)oc3=O)[C@H]2C(=O)O)[C@H](O)[C@H]1OC(=O)C1=Cc2cc(O)c(O)cc2[C@@H](c2ccc(O)c(O)c2)[C@@H]1C(=O)O. The number of aliphatic carboxylic acids is 3. The van der Waals surface area contributed by atoms with E-state index in [9.17, 15) is 89.7 Å². The first-order chi connectivity index (χ1) is 30.7. The van der Waals surface area contributed by atoms with Gasteiger partial charge in [-0.25, -0.2) is 19.2 Å². The van der Waals surface area contributed by atoms with Gasteiger partial charge >= 0.3 is 41.4 Å². The van der Waals surface area contributed by atoms with Gasteiger partial charge in [0.25, 0.3) is 0 Å². The highest BCUT2D eigenvalue weighted by atomic mass is 16.6. The second kappa shape index (κ2) is 17.1. The standard InChI is InChI=1S/C43H34O22/c44-22-3-1-14(7-23(22)45)32-18-10-26(48)24(46)8-15(18)5-20(34(32)39(55)56)43(61)65-37-29(12-31(50)51)62-13-30(36(37)52)64-42(60)21-6-16-9-25(47)27(49)11-19(16)33(35(21)40(57)58)17-2-4-28(38(53)54)63-41(17)59/h1-11,29-30,32-37,44-49,52H,12-13H2,(H,50,51)(H,53,54)(H,55,56)(H,57,58)/t29-,30-,32+,33-,34+,35-,36-,37-/m0/s1. The topological polar surface area (TPSA) is 383 Å². The number of esters is 2. The predicted octanol–water partition coefficient (Wildman–Crippen LogP) is 1.79. The molecule has 8 atom stereocenters. The molecule has 1 fully saturated rings. The lowest BCUT2D eigenvalue weighted by atomic mass is 9.71. The van der Waals surface area contributed by atoms with Crippen LogP contribution in [0.25, 0.3) is 12.2 Å². The molecule has 0 radical (unpaired) electrons. The number of aromatic hydroxyl groups is 6. The van der Waals surface area contributed by atoms with Crippen molar-refractivity contribution >= 4 is 48.0 Å².